The first-order valence-electron chi connectivity index (χ1n) is 10.6. The third-order valence-electron chi connectivity index (χ3n) is 5.79. The Bertz CT molecular complexity index is 1010. The lowest BCUT2D eigenvalue weighted by Crippen LogP contribution is -2.39. The molecule has 30 heavy (non-hydrogen) atoms. The van der Waals surface area contributed by atoms with E-state index >= 15 is 0 Å². The number of hydrogen-bond donors (Lipinski definition) is 2. The highest BCUT2D eigenvalue weighted by molar-refractivity contribution is 6.03. The van der Waals surface area contributed by atoms with Gasteiger partial charge in [0.05, 0.1) is 5.56 Å². The van der Waals surface area contributed by atoms with Crippen LogP contribution in [0.1, 0.15) is 62.9 Å². The number of fused-ring (bicyclic) bond motifs is 1. The fourth-order valence-corrected chi connectivity index (χ4v) is 3.44. The first-order valence-corrected chi connectivity index (χ1v) is 10.6. The number of phenols is 1. The molecule has 0 heterocycles. The minimum absolute atomic E-state index is 0.00741. The van der Waals surface area contributed by atoms with Gasteiger partial charge in [0.25, 0.3) is 5.91 Å². The number of rotatable bonds is 8. The summed E-state index contributed by atoms with van der Waals surface area (Å²) in [7, 11) is 0. The number of benzene rings is 3. The number of phenolic OH excluding ortho intramolecular Hbond substituents is 1. The zero-order valence-electron chi connectivity index (χ0n) is 18.2. The van der Waals surface area contributed by atoms with E-state index in [0.717, 1.165) is 18.2 Å². The van der Waals surface area contributed by atoms with E-state index < -0.39 is 6.23 Å². The fraction of sp³-hybridized carbons (Fsp3) is 0.346. The van der Waals surface area contributed by atoms with E-state index in [9.17, 15) is 9.90 Å². The molecule has 0 bridgehead atoms. The standard InChI is InChI=1S/C26H31NO3/c1-5-9-23(30-20-15-13-19(14-16-20)26(3,4)6-2)27-25(29)22-17-12-18-10-7-8-11-21(18)24(22)28/h7-8,10-17,23,28H,5-6,9H2,1-4H3,(H,27,29). The van der Waals surface area contributed by atoms with Gasteiger partial charge in [0.1, 0.15) is 11.5 Å². The molecule has 2 N–H and O–H groups in total. The predicted octanol–water partition coefficient (Wildman–Crippen LogP) is 6.17. The largest absolute Gasteiger partial charge is 0.506 e. The van der Waals surface area contributed by atoms with Crippen LogP contribution >= 0.6 is 0 Å². The van der Waals surface area contributed by atoms with Gasteiger partial charge in [-0.3, -0.25) is 4.79 Å². The molecule has 0 aromatic heterocycles. The molecule has 0 aliphatic rings. The summed E-state index contributed by atoms with van der Waals surface area (Å²) in [6.45, 7) is 8.67. The second-order valence-corrected chi connectivity index (χ2v) is 8.31. The molecule has 0 aliphatic heterocycles. The van der Waals surface area contributed by atoms with Gasteiger partial charge in [-0.05, 0) is 41.0 Å². The van der Waals surface area contributed by atoms with Crippen LogP contribution in [-0.2, 0) is 5.41 Å². The summed E-state index contributed by atoms with van der Waals surface area (Å²) in [6, 6.07) is 19.0. The molecule has 0 spiro atoms. The molecule has 1 amide bonds. The third kappa shape index (κ3) is 4.76. The van der Waals surface area contributed by atoms with Crippen molar-refractivity contribution < 1.29 is 14.6 Å². The Kier molecular flexibility index (Phi) is 6.66. The zero-order valence-corrected chi connectivity index (χ0v) is 18.2. The highest BCUT2D eigenvalue weighted by Gasteiger charge is 2.20. The summed E-state index contributed by atoms with van der Waals surface area (Å²) in [5.74, 6) is 0.361. The Labute approximate surface area is 178 Å². The SMILES string of the molecule is CCCC(NC(=O)c1ccc2ccccc2c1O)Oc1ccc(C(C)(C)CC)cc1. The Balaban J connectivity index is 1.76. The Morgan fingerprint density at radius 2 is 1.73 bits per heavy atom. The van der Waals surface area contributed by atoms with E-state index in [1.165, 1.54) is 5.56 Å². The average Bonchev–Trinajstić information content (AvgIpc) is 2.74. The summed E-state index contributed by atoms with van der Waals surface area (Å²) >= 11 is 0. The Morgan fingerprint density at radius 1 is 1.03 bits per heavy atom. The monoisotopic (exact) mass is 405 g/mol. The van der Waals surface area contributed by atoms with Crippen molar-refractivity contribution in [2.24, 2.45) is 0 Å². The van der Waals surface area contributed by atoms with E-state index in [2.05, 4.69) is 38.2 Å². The van der Waals surface area contributed by atoms with Crippen molar-refractivity contribution in [3.8, 4) is 11.5 Å². The van der Waals surface area contributed by atoms with Crippen molar-refractivity contribution in [3.05, 3.63) is 71.8 Å². The van der Waals surface area contributed by atoms with Crippen molar-refractivity contribution in [3.63, 3.8) is 0 Å². The molecule has 158 valence electrons. The number of carbonyl (C=O) groups is 1. The molecule has 4 nitrogen and oxygen atoms in total. The van der Waals surface area contributed by atoms with Crippen molar-refractivity contribution in [1.82, 2.24) is 5.32 Å². The molecule has 0 saturated heterocycles. The van der Waals surface area contributed by atoms with E-state index in [-0.39, 0.29) is 22.6 Å². The van der Waals surface area contributed by atoms with Gasteiger partial charge in [0.15, 0.2) is 6.23 Å². The van der Waals surface area contributed by atoms with Crippen molar-refractivity contribution in [2.75, 3.05) is 0 Å². The zero-order chi connectivity index (χ0) is 21.7. The van der Waals surface area contributed by atoms with Crippen LogP contribution in [0.15, 0.2) is 60.7 Å². The fourth-order valence-electron chi connectivity index (χ4n) is 3.44. The van der Waals surface area contributed by atoms with E-state index in [4.69, 9.17) is 4.74 Å². The van der Waals surface area contributed by atoms with Gasteiger partial charge in [0, 0.05) is 11.8 Å². The van der Waals surface area contributed by atoms with Gasteiger partial charge >= 0.3 is 0 Å². The van der Waals surface area contributed by atoms with Gasteiger partial charge in [0.2, 0.25) is 0 Å². The van der Waals surface area contributed by atoms with Gasteiger partial charge in [-0.2, -0.15) is 0 Å². The van der Waals surface area contributed by atoms with E-state index in [1.54, 1.807) is 12.1 Å². The molecular formula is C26H31NO3. The smallest absolute Gasteiger partial charge is 0.257 e. The molecule has 0 radical (unpaired) electrons. The van der Waals surface area contributed by atoms with Crippen molar-refractivity contribution in [2.45, 2.75) is 58.6 Å². The highest BCUT2D eigenvalue weighted by Crippen LogP contribution is 2.30. The van der Waals surface area contributed by atoms with Crippen LogP contribution in [0.25, 0.3) is 10.8 Å². The molecule has 3 aromatic rings. The van der Waals surface area contributed by atoms with Crippen LogP contribution in [-0.4, -0.2) is 17.2 Å². The topological polar surface area (TPSA) is 58.6 Å². The van der Waals surface area contributed by atoms with Crippen LogP contribution in [0.4, 0.5) is 0 Å². The van der Waals surface area contributed by atoms with E-state index in [1.807, 2.05) is 43.3 Å². The lowest BCUT2D eigenvalue weighted by atomic mass is 9.82. The Hall–Kier alpha value is -3.01. The molecular weight excluding hydrogens is 374 g/mol. The lowest BCUT2D eigenvalue weighted by molar-refractivity contribution is 0.0811. The number of amides is 1. The molecule has 1 atom stereocenters. The molecule has 0 aliphatic carbocycles. The molecule has 3 aromatic carbocycles. The number of nitrogens with one attached hydrogen (secondary N) is 1. The normalized spacial score (nSPS) is 12.5. The van der Waals surface area contributed by atoms with Crippen LogP contribution in [0, 0.1) is 0 Å². The first kappa shape index (κ1) is 21.7. The average molecular weight is 406 g/mol. The van der Waals surface area contributed by atoms with E-state index in [0.29, 0.717) is 17.6 Å². The van der Waals surface area contributed by atoms with Crippen LogP contribution < -0.4 is 10.1 Å². The van der Waals surface area contributed by atoms with Crippen LogP contribution in [0.5, 0.6) is 11.5 Å². The summed E-state index contributed by atoms with van der Waals surface area (Å²) < 4.78 is 6.06. The second kappa shape index (κ2) is 9.21. The summed E-state index contributed by atoms with van der Waals surface area (Å²) in [4.78, 5) is 12.9. The van der Waals surface area contributed by atoms with Crippen molar-refractivity contribution in [1.29, 1.82) is 0 Å². The number of hydrogen-bond acceptors (Lipinski definition) is 3. The summed E-state index contributed by atoms with van der Waals surface area (Å²) in [5, 5.41) is 15.1. The molecule has 4 heteroatoms. The maximum Gasteiger partial charge on any atom is 0.257 e. The summed E-state index contributed by atoms with van der Waals surface area (Å²) in [6.07, 6.45) is 2.10. The number of ether oxygens (including phenoxy) is 1. The maximum atomic E-state index is 12.9. The molecule has 0 saturated carbocycles. The highest BCUT2D eigenvalue weighted by atomic mass is 16.5. The number of aromatic hydroxyl groups is 1. The lowest BCUT2D eigenvalue weighted by Gasteiger charge is -2.24. The Morgan fingerprint density at radius 3 is 2.40 bits per heavy atom. The minimum Gasteiger partial charge on any atom is -0.506 e. The molecule has 3 rings (SSSR count). The summed E-state index contributed by atoms with van der Waals surface area (Å²) in [5.41, 5.74) is 1.62. The third-order valence-corrected chi connectivity index (χ3v) is 5.79. The van der Waals surface area contributed by atoms with Crippen LogP contribution in [0.2, 0.25) is 0 Å². The quantitative estimate of drug-likeness (QED) is 0.441. The molecule has 0 fully saturated rings. The van der Waals surface area contributed by atoms with Gasteiger partial charge in [-0.15, -0.1) is 0 Å². The van der Waals surface area contributed by atoms with Gasteiger partial charge in [-0.1, -0.05) is 76.6 Å². The molecule has 1 unspecified atom stereocenters. The number of carbonyl (C=O) groups excluding carboxylic acids is 1. The maximum absolute atomic E-state index is 12.9. The van der Waals surface area contributed by atoms with Gasteiger partial charge < -0.3 is 15.2 Å². The predicted molar refractivity (Wildman–Crippen MR) is 122 cm³/mol. The van der Waals surface area contributed by atoms with Gasteiger partial charge in [-0.25, -0.2) is 0 Å². The second-order valence-electron chi connectivity index (χ2n) is 8.31. The van der Waals surface area contributed by atoms with Crippen LogP contribution in [0.3, 0.4) is 0 Å². The minimum atomic E-state index is -0.474. The van der Waals surface area contributed by atoms with Crippen molar-refractivity contribution >= 4 is 16.7 Å². The first-order chi connectivity index (χ1) is 14.4.